The van der Waals surface area contributed by atoms with Crippen LogP contribution in [0.2, 0.25) is 0 Å². The van der Waals surface area contributed by atoms with E-state index in [2.05, 4.69) is 81.4 Å². The molecule has 3 aromatic carbocycles. The van der Waals surface area contributed by atoms with E-state index in [0.29, 0.717) is 5.92 Å². The van der Waals surface area contributed by atoms with Crippen LogP contribution in [0, 0.1) is 6.92 Å². The zero-order chi connectivity index (χ0) is 23.0. The van der Waals surface area contributed by atoms with Crippen LogP contribution >= 0.6 is 0 Å². The second-order valence-corrected chi connectivity index (χ2v) is 10.6. The lowest BCUT2D eigenvalue weighted by Crippen LogP contribution is -2.20. The summed E-state index contributed by atoms with van der Waals surface area (Å²) in [4.78, 5) is 4.79. The second kappa shape index (κ2) is 7.06. The molecule has 0 saturated heterocycles. The number of aromatic nitrogens is 1. The maximum atomic E-state index is 6.94. The number of nitrogens with zero attached hydrogens (tertiary/aromatic N) is 1. The van der Waals surface area contributed by atoms with Crippen molar-refractivity contribution >= 4 is 21.9 Å². The van der Waals surface area contributed by atoms with Crippen LogP contribution in [0.25, 0.3) is 44.3 Å². The highest BCUT2D eigenvalue weighted by Gasteiger charge is 2.47. The molecule has 1 saturated carbocycles. The Morgan fingerprint density at radius 3 is 2.44 bits per heavy atom. The third-order valence-electron chi connectivity index (χ3n) is 8.39. The van der Waals surface area contributed by atoms with Crippen molar-refractivity contribution in [1.82, 2.24) is 4.98 Å². The number of benzene rings is 3. The summed E-state index contributed by atoms with van der Waals surface area (Å²) in [5, 5.41) is 2.42. The number of rotatable bonds is 2. The molecular weight excluding hydrogens is 414 g/mol. The van der Waals surface area contributed by atoms with E-state index < -0.39 is 0 Å². The Kier molecular flexibility index (Phi) is 4.16. The van der Waals surface area contributed by atoms with Crippen LogP contribution in [0.3, 0.4) is 0 Å². The smallest absolute Gasteiger partial charge is 0.145 e. The molecule has 2 aromatic heterocycles. The summed E-state index contributed by atoms with van der Waals surface area (Å²) in [6, 6.07) is 22.5. The van der Waals surface area contributed by atoms with Crippen LogP contribution in [0.4, 0.5) is 0 Å². The molecule has 1 fully saturated rings. The standard InChI is InChI=1S/C32H29NO/c1-19(2)21-14-17-33-27(18-21)28-20(3)10-11-24-25-13-12-23-22-8-4-5-9-26(22)32(15-6-7-16-32)29(23)31(25)34-30(24)28/h4-5,8-14,17-19H,6-7,15-16H2,1-3H3. The monoisotopic (exact) mass is 443 g/mol. The molecule has 2 heteroatoms. The highest BCUT2D eigenvalue weighted by Crippen LogP contribution is 2.59. The lowest BCUT2D eigenvalue weighted by Gasteiger charge is -2.26. The van der Waals surface area contributed by atoms with Crippen molar-refractivity contribution in [2.24, 2.45) is 0 Å². The normalized spacial score (nSPS) is 16.1. The first-order chi connectivity index (χ1) is 16.6. The highest BCUT2D eigenvalue weighted by atomic mass is 16.3. The highest BCUT2D eigenvalue weighted by molar-refractivity contribution is 6.13. The summed E-state index contributed by atoms with van der Waals surface area (Å²) >= 11 is 0. The molecule has 0 bridgehead atoms. The summed E-state index contributed by atoms with van der Waals surface area (Å²) in [6.45, 7) is 6.63. The van der Waals surface area contributed by atoms with Gasteiger partial charge in [0.05, 0.1) is 5.69 Å². The SMILES string of the molecule is Cc1ccc2c(oc3c4c(ccc32)-c2ccccc2C42CCCC2)c1-c1cc(C(C)C)ccn1. The van der Waals surface area contributed by atoms with Crippen molar-refractivity contribution in [1.29, 1.82) is 0 Å². The minimum Gasteiger partial charge on any atom is -0.455 e. The van der Waals surface area contributed by atoms with Crippen LogP contribution in [0.1, 0.15) is 67.7 Å². The fraction of sp³-hybridized carbons (Fsp3) is 0.281. The van der Waals surface area contributed by atoms with Crippen LogP contribution in [0.15, 0.2) is 71.3 Å². The molecule has 0 amide bonds. The Morgan fingerprint density at radius 2 is 1.62 bits per heavy atom. The Hall–Kier alpha value is -3.39. The average Bonchev–Trinajstić information content (AvgIpc) is 3.55. The Balaban J connectivity index is 1.56. The van der Waals surface area contributed by atoms with Crippen molar-refractivity contribution < 1.29 is 4.42 Å². The Bertz CT molecular complexity index is 1600. The van der Waals surface area contributed by atoms with Gasteiger partial charge in [0, 0.05) is 33.5 Å². The van der Waals surface area contributed by atoms with Gasteiger partial charge in [0.2, 0.25) is 0 Å². The Labute approximate surface area is 200 Å². The second-order valence-electron chi connectivity index (χ2n) is 10.6. The zero-order valence-electron chi connectivity index (χ0n) is 20.1. The van der Waals surface area contributed by atoms with Gasteiger partial charge in [0.25, 0.3) is 0 Å². The summed E-state index contributed by atoms with van der Waals surface area (Å²) in [6.07, 6.45) is 6.91. The molecule has 2 heterocycles. The van der Waals surface area contributed by atoms with Gasteiger partial charge in [0.1, 0.15) is 11.2 Å². The van der Waals surface area contributed by atoms with Crippen molar-refractivity contribution in [3.63, 3.8) is 0 Å². The van der Waals surface area contributed by atoms with Crippen molar-refractivity contribution in [3.05, 3.63) is 89.1 Å². The fourth-order valence-corrected chi connectivity index (χ4v) is 6.73. The maximum Gasteiger partial charge on any atom is 0.145 e. The summed E-state index contributed by atoms with van der Waals surface area (Å²) in [5.74, 6) is 0.459. The molecule has 0 aliphatic heterocycles. The molecule has 0 atom stereocenters. The molecule has 0 radical (unpaired) electrons. The van der Waals surface area contributed by atoms with E-state index in [4.69, 9.17) is 9.40 Å². The van der Waals surface area contributed by atoms with Crippen LogP contribution < -0.4 is 0 Å². The van der Waals surface area contributed by atoms with Gasteiger partial charge in [-0.2, -0.15) is 0 Å². The zero-order valence-corrected chi connectivity index (χ0v) is 20.1. The van der Waals surface area contributed by atoms with Crippen LogP contribution in [0.5, 0.6) is 0 Å². The molecule has 168 valence electrons. The number of pyridine rings is 1. The largest absolute Gasteiger partial charge is 0.455 e. The molecule has 2 aliphatic carbocycles. The molecular formula is C32H29NO. The van der Waals surface area contributed by atoms with Gasteiger partial charge in [-0.25, -0.2) is 0 Å². The first kappa shape index (κ1) is 20.0. The van der Waals surface area contributed by atoms with E-state index >= 15 is 0 Å². The minimum absolute atomic E-state index is 0.0876. The number of hydrogen-bond acceptors (Lipinski definition) is 2. The van der Waals surface area contributed by atoms with E-state index in [9.17, 15) is 0 Å². The quantitative estimate of drug-likeness (QED) is 0.272. The van der Waals surface area contributed by atoms with Gasteiger partial charge in [0.15, 0.2) is 0 Å². The van der Waals surface area contributed by atoms with Crippen LogP contribution in [-0.2, 0) is 5.41 Å². The lowest BCUT2D eigenvalue weighted by molar-refractivity contribution is 0.540. The van der Waals surface area contributed by atoms with E-state index in [1.54, 1.807) is 0 Å². The Morgan fingerprint density at radius 1 is 0.853 bits per heavy atom. The van der Waals surface area contributed by atoms with E-state index in [0.717, 1.165) is 22.4 Å². The van der Waals surface area contributed by atoms with E-state index in [-0.39, 0.29) is 5.41 Å². The van der Waals surface area contributed by atoms with Gasteiger partial charge < -0.3 is 4.42 Å². The van der Waals surface area contributed by atoms with Crippen LogP contribution in [-0.4, -0.2) is 4.98 Å². The number of furan rings is 1. The van der Waals surface area contributed by atoms with E-state index in [1.165, 1.54) is 69.8 Å². The number of fused-ring (bicyclic) bond motifs is 9. The molecule has 1 spiro atoms. The number of hydrogen-bond donors (Lipinski definition) is 0. The number of aryl methyl sites for hydroxylation is 1. The van der Waals surface area contributed by atoms with Crippen molar-refractivity contribution in [2.45, 2.75) is 57.8 Å². The summed E-state index contributed by atoms with van der Waals surface area (Å²) < 4.78 is 6.94. The molecule has 0 N–H and O–H groups in total. The molecule has 34 heavy (non-hydrogen) atoms. The van der Waals surface area contributed by atoms with Gasteiger partial charge in [-0.05, 0) is 71.7 Å². The minimum atomic E-state index is 0.0876. The lowest BCUT2D eigenvalue weighted by atomic mass is 9.76. The molecule has 7 rings (SSSR count). The molecule has 0 unspecified atom stereocenters. The van der Waals surface area contributed by atoms with Gasteiger partial charge >= 0.3 is 0 Å². The topological polar surface area (TPSA) is 26.0 Å². The third-order valence-corrected chi connectivity index (χ3v) is 8.39. The van der Waals surface area contributed by atoms with Crippen molar-refractivity contribution in [3.8, 4) is 22.4 Å². The maximum absolute atomic E-state index is 6.94. The molecule has 2 aliphatic rings. The van der Waals surface area contributed by atoms with Gasteiger partial charge in [-0.15, -0.1) is 0 Å². The van der Waals surface area contributed by atoms with Gasteiger partial charge in [-0.1, -0.05) is 69.2 Å². The predicted molar refractivity (Wildman–Crippen MR) is 140 cm³/mol. The summed E-state index contributed by atoms with van der Waals surface area (Å²) in [5.41, 5.74) is 12.5. The third kappa shape index (κ3) is 2.54. The summed E-state index contributed by atoms with van der Waals surface area (Å²) in [7, 11) is 0. The fourth-order valence-electron chi connectivity index (χ4n) is 6.73. The first-order valence-electron chi connectivity index (χ1n) is 12.6. The average molecular weight is 444 g/mol. The molecule has 2 nitrogen and oxygen atoms in total. The molecule has 5 aromatic rings. The predicted octanol–water partition coefficient (Wildman–Crippen LogP) is 8.92. The van der Waals surface area contributed by atoms with Gasteiger partial charge in [-0.3, -0.25) is 4.98 Å². The first-order valence-corrected chi connectivity index (χ1v) is 12.6. The van der Waals surface area contributed by atoms with E-state index in [1.807, 2.05) is 6.20 Å². The van der Waals surface area contributed by atoms with Crippen molar-refractivity contribution in [2.75, 3.05) is 0 Å².